The maximum absolute atomic E-state index is 2.53. The highest BCUT2D eigenvalue weighted by atomic mass is 14.5. The summed E-state index contributed by atoms with van der Waals surface area (Å²) in [5, 5.41) is 0. The third kappa shape index (κ3) is 5.53. The Morgan fingerprint density at radius 2 is 0.492 bits per heavy atom. The fourth-order valence-corrected chi connectivity index (χ4v) is 10.4. The summed E-state index contributed by atoms with van der Waals surface area (Å²) in [4.78, 5) is 0. The SMILES string of the molecule is c1ccc(-c2ccc(-c3cc(-c4ccccc4)c(-c4ccc5c(c4)C4(c6ccccc6-c6ccccc64)c4ccccc4-5)c(-c4ccc(-c5ccccc5)cc4)c3)cc2)cc1. The van der Waals surface area contributed by atoms with Crippen LogP contribution in [0, 0.1) is 0 Å². The van der Waals surface area contributed by atoms with Gasteiger partial charge in [-0.25, -0.2) is 0 Å². The van der Waals surface area contributed by atoms with Gasteiger partial charge in [-0.1, -0.05) is 224 Å². The second kappa shape index (κ2) is 14.2. The van der Waals surface area contributed by atoms with Gasteiger partial charge in [-0.3, -0.25) is 0 Å². The van der Waals surface area contributed by atoms with Crippen molar-refractivity contribution in [2.24, 2.45) is 0 Å². The van der Waals surface area contributed by atoms with Crippen molar-refractivity contribution in [3.8, 4) is 89.0 Å². The molecule has 0 radical (unpaired) electrons. The van der Waals surface area contributed by atoms with Crippen LogP contribution in [0.15, 0.2) is 243 Å². The van der Waals surface area contributed by atoms with Crippen molar-refractivity contribution in [2.45, 2.75) is 5.41 Å². The monoisotopic (exact) mass is 772 g/mol. The van der Waals surface area contributed by atoms with Crippen LogP contribution in [0.3, 0.4) is 0 Å². The molecule has 1 spiro atoms. The summed E-state index contributed by atoms with van der Waals surface area (Å²) < 4.78 is 0. The van der Waals surface area contributed by atoms with E-state index in [0.29, 0.717) is 0 Å². The molecule has 10 aromatic rings. The number of benzene rings is 10. The highest BCUT2D eigenvalue weighted by molar-refractivity contribution is 6.01. The van der Waals surface area contributed by atoms with Gasteiger partial charge in [0.05, 0.1) is 5.41 Å². The Bertz CT molecular complexity index is 3180. The molecule has 2 aliphatic rings. The van der Waals surface area contributed by atoms with Crippen LogP contribution in [-0.2, 0) is 5.41 Å². The molecule has 2 aliphatic carbocycles. The topological polar surface area (TPSA) is 0 Å². The van der Waals surface area contributed by atoms with Crippen molar-refractivity contribution < 1.29 is 0 Å². The maximum Gasteiger partial charge on any atom is 0.0725 e. The molecule has 61 heavy (non-hydrogen) atoms. The Hall–Kier alpha value is -7.80. The van der Waals surface area contributed by atoms with Crippen molar-refractivity contribution >= 4 is 0 Å². The minimum absolute atomic E-state index is 0.431. The summed E-state index contributed by atoms with van der Waals surface area (Å²) in [7, 11) is 0. The van der Waals surface area contributed by atoms with E-state index in [9.17, 15) is 0 Å². The lowest BCUT2D eigenvalue weighted by Crippen LogP contribution is -2.25. The zero-order valence-electron chi connectivity index (χ0n) is 33.6. The first-order valence-corrected chi connectivity index (χ1v) is 21.2. The Kier molecular flexibility index (Phi) is 8.18. The van der Waals surface area contributed by atoms with Crippen molar-refractivity contribution in [1.82, 2.24) is 0 Å². The molecular weight excluding hydrogens is 733 g/mol. The molecule has 0 heterocycles. The summed E-state index contributed by atoms with van der Waals surface area (Å²) >= 11 is 0. The minimum atomic E-state index is -0.431. The normalized spacial score (nSPS) is 12.7. The molecule has 0 bridgehead atoms. The first-order valence-electron chi connectivity index (χ1n) is 21.2. The van der Waals surface area contributed by atoms with Crippen LogP contribution < -0.4 is 0 Å². The molecule has 0 saturated carbocycles. The predicted molar refractivity (Wildman–Crippen MR) is 255 cm³/mol. The first-order chi connectivity index (χ1) is 30.3. The largest absolute Gasteiger partial charge is 0.0725 e. The van der Waals surface area contributed by atoms with E-state index in [-0.39, 0.29) is 0 Å². The smallest absolute Gasteiger partial charge is 0.0622 e. The van der Waals surface area contributed by atoms with Crippen LogP contribution in [-0.4, -0.2) is 0 Å². The van der Waals surface area contributed by atoms with Crippen molar-refractivity contribution in [3.05, 3.63) is 265 Å². The van der Waals surface area contributed by atoms with Gasteiger partial charge in [-0.2, -0.15) is 0 Å². The van der Waals surface area contributed by atoms with Crippen molar-refractivity contribution in [2.75, 3.05) is 0 Å². The standard InChI is InChI=1S/C61H40/c1-4-16-41(17-5-1)43-28-30-45(31-29-43)49-38-54(46-20-8-3-9-21-46)60(55(39-49)47-34-32-44(33-35-47)42-18-6-2-7-19-42)48-36-37-53-52-24-12-15-27-58(52)61(59(53)40-48)56-25-13-10-22-50(56)51-23-11-14-26-57(51)61/h1-40H. The van der Waals surface area contributed by atoms with Gasteiger partial charge in [0.25, 0.3) is 0 Å². The van der Waals surface area contributed by atoms with Gasteiger partial charge >= 0.3 is 0 Å². The molecule has 284 valence electrons. The Morgan fingerprint density at radius 1 is 0.180 bits per heavy atom. The Morgan fingerprint density at radius 3 is 0.951 bits per heavy atom. The average Bonchev–Trinajstić information content (AvgIpc) is 3.82. The van der Waals surface area contributed by atoms with E-state index in [4.69, 9.17) is 0 Å². The maximum atomic E-state index is 2.53. The molecule has 0 amide bonds. The van der Waals surface area contributed by atoms with E-state index in [2.05, 4.69) is 243 Å². The highest BCUT2D eigenvalue weighted by Crippen LogP contribution is 2.63. The quantitative estimate of drug-likeness (QED) is 0.158. The highest BCUT2D eigenvalue weighted by Gasteiger charge is 2.51. The zero-order valence-corrected chi connectivity index (χ0v) is 33.6. The molecule has 0 nitrogen and oxygen atoms in total. The van der Waals surface area contributed by atoms with Crippen LogP contribution in [0.5, 0.6) is 0 Å². The summed E-state index contributed by atoms with van der Waals surface area (Å²) in [5.41, 5.74) is 24.7. The van der Waals surface area contributed by atoms with E-state index >= 15 is 0 Å². The number of hydrogen-bond acceptors (Lipinski definition) is 0. The molecule has 0 unspecified atom stereocenters. The second-order valence-electron chi connectivity index (χ2n) is 16.3. The number of rotatable bonds is 6. The van der Waals surface area contributed by atoms with Crippen LogP contribution >= 0.6 is 0 Å². The fraction of sp³-hybridized carbons (Fsp3) is 0.0164. The summed E-state index contributed by atoms with van der Waals surface area (Å²) in [6.07, 6.45) is 0. The zero-order chi connectivity index (χ0) is 40.3. The molecule has 12 rings (SSSR count). The fourth-order valence-electron chi connectivity index (χ4n) is 10.4. The third-order valence-electron chi connectivity index (χ3n) is 13.1. The van der Waals surface area contributed by atoms with Crippen molar-refractivity contribution in [3.63, 3.8) is 0 Å². The van der Waals surface area contributed by atoms with Gasteiger partial charge in [-0.15, -0.1) is 0 Å². The molecule has 0 aliphatic heterocycles. The molecule has 0 atom stereocenters. The molecular formula is C61H40. The average molecular weight is 773 g/mol. The van der Waals surface area contributed by atoms with Crippen LogP contribution in [0.1, 0.15) is 22.3 Å². The van der Waals surface area contributed by atoms with E-state index in [0.717, 1.165) is 0 Å². The molecule has 10 aromatic carbocycles. The van der Waals surface area contributed by atoms with Gasteiger partial charge < -0.3 is 0 Å². The predicted octanol–water partition coefficient (Wildman–Crippen LogP) is 16.0. The lowest BCUT2D eigenvalue weighted by atomic mass is 9.70. The van der Waals surface area contributed by atoms with Crippen LogP contribution in [0.2, 0.25) is 0 Å². The number of hydrogen-bond donors (Lipinski definition) is 0. The molecule has 0 aromatic heterocycles. The second-order valence-corrected chi connectivity index (χ2v) is 16.3. The summed E-state index contributed by atoms with van der Waals surface area (Å²) in [5.74, 6) is 0. The van der Waals surface area contributed by atoms with Crippen LogP contribution in [0.25, 0.3) is 89.0 Å². The van der Waals surface area contributed by atoms with Gasteiger partial charge in [0.1, 0.15) is 0 Å². The van der Waals surface area contributed by atoms with E-state index < -0.39 is 5.41 Å². The van der Waals surface area contributed by atoms with E-state index in [1.54, 1.807) is 0 Å². The van der Waals surface area contributed by atoms with Gasteiger partial charge in [0, 0.05) is 0 Å². The summed E-state index contributed by atoms with van der Waals surface area (Å²) in [6, 6.07) is 89.9. The number of fused-ring (bicyclic) bond motifs is 10. The van der Waals surface area contributed by atoms with Crippen LogP contribution in [0.4, 0.5) is 0 Å². The lowest BCUT2D eigenvalue weighted by Gasteiger charge is -2.31. The van der Waals surface area contributed by atoms with Gasteiger partial charge in [0.2, 0.25) is 0 Å². The Balaban J connectivity index is 1.12. The van der Waals surface area contributed by atoms with Gasteiger partial charge in [-0.05, 0) is 129 Å². The Labute approximate surface area is 357 Å². The molecule has 0 fully saturated rings. The molecule has 0 heteroatoms. The van der Waals surface area contributed by atoms with Gasteiger partial charge in [0.15, 0.2) is 0 Å². The molecule has 0 saturated heterocycles. The third-order valence-corrected chi connectivity index (χ3v) is 13.1. The van der Waals surface area contributed by atoms with E-state index in [1.165, 1.54) is 111 Å². The van der Waals surface area contributed by atoms with Crippen molar-refractivity contribution in [1.29, 1.82) is 0 Å². The lowest BCUT2D eigenvalue weighted by molar-refractivity contribution is 0.794. The molecule has 0 N–H and O–H groups in total. The summed E-state index contributed by atoms with van der Waals surface area (Å²) in [6.45, 7) is 0. The van der Waals surface area contributed by atoms with E-state index in [1.807, 2.05) is 0 Å². The minimum Gasteiger partial charge on any atom is -0.0622 e. The first kappa shape index (κ1) is 35.2.